The number of aromatic nitrogens is 1. The maximum atomic E-state index is 12.3. The van der Waals surface area contributed by atoms with E-state index in [-0.39, 0.29) is 17.4 Å². The van der Waals surface area contributed by atoms with Gasteiger partial charge in [0.05, 0.1) is 5.52 Å². The number of ether oxygens (including phenoxy) is 2. The zero-order chi connectivity index (χ0) is 17.9. The summed E-state index contributed by atoms with van der Waals surface area (Å²) in [6.45, 7) is 1.53. The van der Waals surface area contributed by atoms with Gasteiger partial charge in [-0.25, -0.2) is 0 Å². The zero-order valence-electron chi connectivity index (χ0n) is 14.8. The maximum absolute atomic E-state index is 12.3. The number of amides is 1. The highest BCUT2D eigenvalue weighted by Crippen LogP contribution is 2.33. The molecule has 0 unspecified atom stereocenters. The second-order valence-corrected chi connectivity index (χ2v) is 7.08. The Morgan fingerprint density at radius 1 is 1.08 bits per heavy atom. The van der Waals surface area contributed by atoms with Gasteiger partial charge in [-0.2, -0.15) is 0 Å². The number of nitrogens with one attached hydrogen (secondary N) is 2. The van der Waals surface area contributed by atoms with E-state index in [4.69, 9.17) is 9.47 Å². The van der Waals surface area contributed by atoms with Crippen LogP contribution in [0.15, 0.2) is 23.0 Å². The highest BCUT2D eigenvalue weighted by atomic mass is 16.6. The van der Waals surface area contributed by atoms with Gasteiger partial charge in [0, 0.05) is 29.5 Å². The number of carbonyl (C=O) groups is 1. The van der Waals surface area contributed by atoms with Crippen molar-refractivity contribution in [2.75, 3.05) is 19.8 Å². The van der Waals surface area contributed by atoms with Crippen molar-refractivity contribution in [1.82, 2.24) is 10.3 Å². The summed E-state index contributed by atoms with van der Waals surface area (Å²) in [6.07, 6.45) is 5.98. The Labute approximate surface area is 151 Å². The van der Waals surface area contributed by atoms with Gasteiger partial charge in [0.1, 0.15) is 13.2 Å². The van der Waals surface area contributed by atoms with E-state index in [1.807, 2.05) is 12.1 Å². The van der Waals surface area contributed by atoms with Crippen LogP contribution < -0.4 is 20.3 Å². The van der Waals surface area contributed by atoms with Gasteiger partial charge >= 0.3 is 0 Å². The SMILES string of the molecule is O=C(NCCc1cc2cc3c(cc2[nH]c1=O)OCCO3)C1CCCCC1. The predicted molar refractivity (Wildman–Crippen MR) is 98.8 cm³/mol. The second kappa shape index (κ2) is 7.40. The van der Waals surface area contributed by atoms with Crippen LogP contribution in [0.4, 0.5) is 0 Å². The van der Waals surface area contributed by atoms with Crippen LogP contribution in [0.5, 0.6) is 11.5 Å². The minimum absolute atomic E-state index is 0.124. The number of benzene rings is 1. The van der Waals surface area contributed by atoms with Crippen molar-refractivity contribution in [3.63, 3.8) is 0 Å². The second-order valence-electron chi connectivity index (χ2n) is 7.08. The highest BCUT2D eigenvalue weighted by Gasteiger charge is 2.20. The Hall–Kier alpha value is -2.50. The number of carbonyl (C=O) groups excluding carboxylic acids is 1. The Morgan fingerprint density at radius 2 is 1.81 bits per heavy atom. The molecule has 4 rings (SSSR count). The first-order valence-electron chi connectivity index (χ1n) is 9.44. The van der Waals surface area contributed by atoms with Crippen molar-refractivity contribution in [1.29, 1.82) is 0 Å². The molecule has 1 aromatic heterocycles. The molecule has 0 radical (unpaired) electrons. The Kier molecular flexibility index (Phi) is 4.82. The lowest BCUT2D eigenvalue weighted by atomic mass is 9.88. The summed E-state index contributed by atoms with van der Waals surface area (Å²) in [7, 11) is 0. The molecular weight excluding hydrogens is 332 g/mol. The molecule has 0 atom stereocenters. The molecule has 2 N–H and O–H groups in total. The molecule has 1 fully saturated rings. The smallest absolute Gasteiger partial charge is 0.251 e. The molecule has 1 aliphatic carbocycles. The maximum Gasteiger partial charge on any atom is 0.251 e. The van der Waals surface area contributed by atoms with Crippen LogP contribution in [0, 0.1) is 5.92 Å². The van der Waals surface area contributed by atoms with E-state index >= 15 is 0 Å². The first kappa shape index (κ1) is 16.9. The van der Waals surface area contributed by atoms with Crippen molar-refractivity contribution >= 4 is 16.8 Å². The van der Waals surface area contributed by atoms with E-state index < -0.39 is 0 Å². The fourth-order valence-corrected chi connectivity index (χ4v) is 3.80. The van der Waals surface area contributed by atoms with Crippen molar-refractivity contribution in [2.24, 2.45) is 5.92 Å². The molecule has 1 aromatic carbocycles. The number of hydrogen-bond acceptors (Lipinski definition) is 4. The van der Waals surface area contributed by atoms with Crippen LogP contribution in [-0.2, 0) is 11.2 Å². The fourth-order valence-electron chi connectivity index (χ4n) is 3.80. The summed E-state index contributed by atoms with van der Waals surface area (Å²) in [5, 5.41) is 3.89. The van der Waals surface area contributed by atoms with Gasteiger partial charge < -0.3 is 19.8 Å². The first-order chi connectivity index (χ1) is 12.7. The Balaban J connectivity index is 1.45. The summed E-state index contributed by atoms with van der Waals surface area (Å²) in [4.78, 5) is 27.5. The molecule has 26 heavy (non-hydrogen) atoms. The van der Waals surface area contributed by atoms with Gasteiger partial charge in [-0.15, -0.1) is 0 Å². The van der Waals surface area contributed by atoms with E-state index in [0.717, 1.165) is 36.6 Å². The molecule has 2 heterocycles. The van der Waals surface area contributed by atoms with E-state index in [1.54, 1.807) is 6.07 Å². The van der Waals surface area contributed by atoms with Crippen molar-refractivity contribution in [2.45, 2.75) is 38.5 Å². The van der Waals surface area contributed by atoms with E-state index in [2.05, 4.69) is 10.3 Å². The molecular formula is C20H24N2O4. The average Bonchev–Trinajstić information content (AvgIpc) is 2.67. The number of rotatable bonds is 4. The van der Waals surface area contributed by atoms with Gasteiger partial charge in [-0.3, -0.25) is 9.59 Å². The van der Waals surface area contributed by atoms with Gasteiger partial charge in [0.2, 0.25) is 5.91 Å². The number of aromatic amines is 1. The predicted octanol–water partition coefficient (Wildman–Crippen LogP) is 2.54. The monoisotopic (exact) mass is 356 g/mol. The largest absolute Gasteiger partial charge is 0.486 e. The van der Waals surface area contributed by atoms with Crippen LogP contribution in [0.2, 0.25) is 0 Å². The Morgan fingerprint density at radius 3 is 2.58 bits per heavy atom. The van der Waals surface area contributed by atoms with Crippen LogP contribution in [0.3, 0.4) is 0 Å². The fraction of sp³-hybridized carbons (Fsp3) is 0.500. The molecule has 138 valence electrons. The minimum atomic E-state index is -0.124. The summed E-state index contributed by atoms with van der Waals surface area (Å²) in [5.41, 5.74) is 1.27. The summed E-state index contributed by atoms with van der Waals surface area (Å²) >= 11 is 0. The molecule has 1 aliphatic heterocycles. The molecule has 2 aliphatic rings. The molecule has 0 saturated heterocycles. The Bertz CT molecular complexity index is 868. The van der Waals surface area contributed by atoms with E-state index in [9.17, 15) is 9.59 Å². The summed E-state index contributed by atoms with van der Waals surface area (Å²) in [5.74, 6) is 1.63. The van der Waals surface area contributed by atoms with Gasteiger partial charge in [0.25, 0.3) is 5.56 Å². The summed E-state index contributed by atoms with van der Waals surface area (Å²) < 4.78 is 11.2. The lowest BCUT2D eigenvalue weighted by Crippen LogP contribution is -2.34. The quantitative estimate of drug-likeness (QED) is 0.882. The molecule has 2 aromatic rings. The van der Waals surface area contributed by atoms with Crippen molar-refractivity contribution in [3.8, 4) is 11.5 Å². The number of H-pyrrole nitrogens is 1. The van der Waals surface area contributed by atoms with Crippen LogP contribution >= 0.6 is 0 Å². The van der Waals surface area contributed by atoms with Crippen LogP contribution in [-0.4, -0.2) is 30.6 Å². The van der Waals surface area contributed by atoms with Crippen LogP contribution in [0.1, 0.15) is 37.7 Å². The first-order valence-corrected chi connectivity index (χ1v) is 9.44. The molecule has 6 nitrogen and oxygen atoms in total. The number of pyridine rings is 1. The minimum Gasteiger partial charge on any atom is -0.486 e. The molecule has 0 bridgehead atoms. The van der Waals surface area contributed by atoms with Crippen molar-refractivity contribution < 1.29 is 14.3 Å². The third kappa shape index (κ3) is 3.54. The average molecular weight is 356 g/mol. The third-order valence-corrected chi connectivity index (χ3v) is 5.25. The van der Waals surface area contributed by atoms with E-state index in [0.29, 0.717) is 43.2 Å². The molecule has 1 amide bonds. The molecule has 1 saturated carbocycles. The van der Waals surface area contributed by atoms with Gasteiger partial charge in [-0.1, -0.05) is 19.3 Å². The van der Waals surface area contributed by atoms with Crippen molar-refractivity contribution in [3.05, 3.63) is 34.1 Å². The van der Waals surface area contributed by atoms with E-state index in [1.165, 1.54) is 6.42 Å². The standard InChI is InChI=1S/C20H24N2O4/c23-19(13-4-2-1-3-5-13)21-7-6-14-10-15-11-17-18(26-9-8-25-17)12-16(15)22-20(14)24/h10-13H,1-9H2,(H,21,23)(H,22,24). The molecule has 6 heteroatoms. The third-order valence-electron chi connectivity index (χ3n) is 5.25. The zero-order valence-corrected chi connectivity index (χ0v) is 14.8. The summed E-state index contributed by atoms with van der Waals surface area (Å²) in [6, 6.07) is 5.57. The lowest BCUT2D eigenvalue weighted by Gasteiger charge is -2.20. The topological polar surface area (TPSA) is 80.4 Å². The van der Waals surface area contributed by atoms with Crippen LogP contribution in [0.25, 0.3) is 10.9 Å². The highest BCUT2D eigenvalue weighted by molar-refractivity contribution is 5.83. The number of fused-ring (bicyclic) bond motifs is 2. The van der Waals surface area contributed by atoms with Gasteiger partial charge in [-0.05, 0) is 31.4 Å². The lowest BCUT2D eigenvalue weighted by molar-refractivity contribution is -0.125. The number of hydrogen-bond donors (Lipinski definition) is 2. The molecule has 0 spiro atoms. The normalized spacial score (nSPS) is 17.2. The van der Waals surface area contributed by atoms with Gasteiger partial charge in [0.15, 0.2) is 11.5 Å².